The summed E-state index contributed by atoms with van der Waals surface area (Å²) in [5, 5.41) is 8.80. The van der Waals surface area contributed by atoms with Crippen molar-refractivity contribution < 1.29 is 14.6 Å². The van der Waals surface area contributed by atoms with Crippen molar-refractivity contribution in [1.29, 1.82) is 0 Å². The second kappa shape index (κ2) is 6.89. The molecule has 0 saturated carbocycles. The molecule has 1 heterocycles. The third-order valence-corrected chi connectivity index (χ3v) is 2.49. The number of unbranched alkanes of at least 4 members (excludes halogenated alkanes) is 1. The molecule has 0 aliphatic heterocycles. The summed E-state index contributed by atoms with van der Waals surface area (Å²) >= 11 is 0. The molecule has 0 radical (unpaired) electrons. The van der Waals surface area contributed by atoms with Crippen molar-refractivity contribution in [2.45, 2.75) is 39.3 Å². The highest BCUT2D eigenvalue weighted by Gasteiger charge is 2.11. The van der Waals surface area contributed by atoms with Gasteiger partial charge < -0.3 is 9.84 Å². The Balaban J connectivity index is 2.64. The van der Waals surface area contributed by atoms with Crippen LogP contribution in [0.2, 0.25) is 0 Å². The summed E-state index contributed by atoms with van der Waals surface area (Å²) in [5.74, 6) is -1.35. The molecule has 1 aromatic heterocycles. The van der Waals surface area contributed by atoms with Crippen LogP contribution in [-0.2, 0) is 11.3 Å². The number of aromatic amines is 1. The van der Waals surface area contributed by atoms with E-state index in [2.05, 4.69) is 0 Å². The first-order chi connectivity index (χ1) is 8.91. The molecule has 0 unspecified atom stereocenters. The lowest BCUT2D eigenvalue weighted by atomic mass is 10.3. The summed E-state index contributed by atoms with van der Waals surface area (Å²) in [5.41, 5.74) is -1.91. The molecule has 0 atom stereocenters. The Morgan fingerprint density at radius 1 is 1.42 bits per heavy atom. The maximum Gasteiger partial charge on any atom is 0.342 e. The molecule has 0 amide bonds. The maximum atomic E-state index is 11.5. The normalized spacial score (nSPS) is 10.9. The van der Waals surface area contributed by atoms with Crippen molar-refractivity contribution in [3.63, 3.8) is 0 Å². The van der Waals surface area contributed by atoms with E-state index in [1.165, 1.54) is 4.57 Å². The third-order valence-electron chi connectivity index (χ3n) is 2.49. The van der Waals surface area contributed by atoms with E-state index in [-0.39, 0.29) is 6.10 Å². The van der Waals surface area contributed by atoms with Crippen LogP contribution in [0.3, 0.4) is 0 Å². The number of aromatic carboxylic acids is 1. The number of nitrogens with one attached hydrogen (secondary N) is 1. The largest absolute Gasteiger partial charge is 0.477 e. The molecule has 0 spiro atoms. The average molecular weight is 270 g/mol. The second-order valence-corrected chi connectivity index (χ2v) is 4.43. The van der Waals surface area contributed by atoms with Crippen molar-refractivity contribution in [2.75, 3.05) is 6.61 Å². The van der Waals surface area contributed by atoms with Crippen LogP contribution < -0.4 is 11.2 Å². The smallest absolute Gasteiger partial charge is 0.342 e. The lowest BCUT2D eigenvalue weighted by Gasteiger charge is -2.08. The topological polar surface area (TPSA) is 101 Å². The number of ether oxygens (including phenoxy) is 1. The highest BCUT2D eigenvalue weighted by Crippen LogP contribution is 1.97. The van der Waals surface area contributed by atoms with Gasteiger partial charge in [0.05, 0.1) is 6.10 Å². The Labute approximate surface area is 109 Å². The van der Waals surface area contributed by atoms with Gasteiger partial charge in [0.15, 0.2) is 0 Å². The molecule has 0 aromatic carbocycles. The van der Waals surface area contributed by atoms with Gasteiger partial charge in [-0.1, -0.05) is 0 Å². The number of aryl methyl sites for hydroxylation is 1. The van der Waals surface area contributed by atoms with Crippen LogP contribution in [0.1, 0.15) is 37.0 Å². The molecule has 19 heavy (non-hydrogen) atoms. The molecule has 0 fully saturated rings. The summed E-state index contributed by atoms with van der Waals surface area (Å²) in [6.45, 7) is 4.80. The SMILES string of the molecule is CC(C)OCCCCn1cc(C(=O)O)c(=O)[nH]c1=O. The van der Waals surface area contributed by atoms with Gasteiger partial charge in [-0.05, 0) is 26.7 Å². The minimum atomic E-state index is -1.35. The molecule has 7 nitrogen and oxygen atoms in total. The molecule has 0 saturated heterocycles. The van der Waals surface area contributed by atoms with Crippen molar-refractivity contribution in [3.8, 4) is 0 Å². The average Bonchev–Trinajstić information content (AvgIpc) is 2.30. The van der Waals surface area contributed by atoms with Crippen molar-refractivity contribution in [1.82, 2.24) is 9.55 Å². The molecule has 0 aliphatic carbocycles. The van der Waals surface area contributed by atoms with E-state index in [0.29, 0.717) is 19.6 Å². The number of aromatic nitrogens is 2. The monoisotopic (exact) mass is 270 g/mol. The second-order valence-electron chi connectivity index (χ2n) is 4.43. The van der Waals surface area contributed by atoms with Gasteiger partial charge in [0.25, 0.3) is 5.56 Å². The summed E-state index contributed by atoms with van der Waals surface area (Å²) < 4.78 is 6.55. The highest BCUT2D eigenvalue weighted by atomic mass is 16.5. The van der Waals surface area contributed by atoms with Gasteiger partial charge in [-0.25, -0.2) is 9.59 Å². The zero-order valence-electron chi connectivity index (χ0n) is 11.0. The number of rotatable bonds is 7. The Kier molecular flexibility index (Phi) is 5.50. The van der Waals surface area contributed by atoms with Gasteiger partial charge in [-0.15, -0.1) is 0 Å². The summed E-state index contributed by atoms with van der Waals surface area (Å²) in [4.78, 5) is 35.5. The standard InChI is InChI=1S/C12H18N2O5/c1-8(2)19-6-4-3-5-14-7-9(11(16)17)10(15)13-12(14)18/h7-8H,3-6H2,1-2H3,(H,16,17)(H,13,15,18). The Bertz CT molecular complexity index is 544. The third kappa shape index (κ3) is 4.70. The van der Waals surface area contributed by atoms with Crippen LogP contribution in [0, 0.1) is 0 Å². The van der Waals surface area contributed by atoms with Crippen molar-refractivity contribution in [3.05, 3.63) is 32.6 Å². The highest BCUT2D eigenvalue weighted by molar-refractivity contribution is 5.86. The van der Waals surface area contributed by atoms with E-state index < -0.39 is 22.8 Å². The molecular formula is C12H18N2O5. The molecule has 0 bridgehead atoms. The van der Waals surface area contributed by atoms with E-state index in [1.807, 2.05) is 18.8 Å². The number of carboxylic acid groups (broad SMARTS) is 1. The van der Waals surface area contributed by atoms with Crippen molar-refractivity contribution >= 4 is 5.97 Å². The van der Waals surface area contributed by atoms with E-state index in [9.17, 15) is 14.4 Å². The lowest BCUT2D eigenvalue weighted by Crippen LogP contribution is -2.33. The number of hydrogen-bond donors (Lipinski definition) is 2. The van der Waals surface area contributed by atoms with Crippen LogP contribution in [0.25, 0.3) is 0 Å². The van der Waals surface area contributed by atoms with Crippen LogP contribution in [0.15, 0.2) is 15.8 Å². The Morgan fingerprint density at radius 3 is 2.68 bits per heavy atom. The van der Waals surface area contributed by atoms with Gasteiger partial charge in [0.1, 0.15) is 5.56 Å². The first kappa shape index (κ1) is 15.2. The fourth-order valence-electron chi connectivity index (χ4n) is 1.53. The number of H-pyrrole nitrogens is 1. The van der Waals surface area contributed by atoms with E-state index in [1.54, 1.807) is 0 Å². The Morgan fingerprint density at radius 2 is 2.11 bits per heavy atom. The fraction of sp³-hybridized carbons (Fsp3) is 0.583. The first-order valence-electron chi connectivity index (χ1n) is 6.10. The van der Waals surface area contributed by atoms with E-state index in [0.717, 1.165) is 12.6 Å². The van der Waals surface area contributed by atoms with Crippen molar-refractivity contribution in [2.24, 2.45) is 0 Å². The van der Waals surface area contributed by atoms with Gasteiger partial charge in [-0.2, -0.15) is 0 Å². The molecule has 0 aliphatic rings. The summed E-state index contributed by atoms with van der Waals surface area (Å²) in [7, 11) is 0. The van der Waals surface area contributed by atoms with E-state index in [4.69, 9.17) is 9.84 Å². The predicted molar refractivity (Wildman–Crippen MR) is 68.6 cm³/mol. The predicted octanol–water partition coefficient (Wildman–Crippen LogP) is 0.440. The van der Waals surface area contributed by atoms with Crippen LogP contribution in [-0.4, -0.2) is 33.3 Å². The zero-order valence-corrected chi connectivity index (χ0v) is 11.0. The van der Waals surface area contributed by atoms with Gasteiger partial charge in [0, 0.05) is 19.3 Å². The molecule has 1 aromatic rings. The lowest BCUT2D eigenvalue weighted by molar-refractivity contribution is 0.0692. The zero-order chi connectivity index (χ0) is 14.4. The van der Waals surface area contributed by atoms with Gasteiger partial charge >= 0.3 is 11.7 Å². The number of hydrogen-bond acceptors (Lipinski definition) is 4. The number of carbonyl (C=O) groups is 1. The minimum Gasteiger partial charge on any atom is -0.477 e. The van der Waals surface area contributed by atoms with E-state index >= 15 is 0 Å². The quantitative estimate of drug-likeness (QED) is 0.700. The number of nitrogens with zero attached hydrogens (tertiary/aromatic N) is 1. The van der Waals surface area contributed by atoms with Crippen LogP contribution in [0.4, 0.5) is 0 Å². The molecule has 1 rings (SSSR count). The fourth-order valence-corrected chi connectivity index (χ4v) is 1.53. The van der Waals surface area contributed by atoms with Gasteiger partial charge in [0.2, 0.25) is 0 Å². The van der Waals surface area contributed by atoms with Crippen LogP contribution >= 0.6 is 0 Å². The molecule has 7 heteroatoms. The molecule has 106 valence electrons. The molecular weight excluding hydrogens is 252 g/mol. The van der Waals surface area contributed by atoms with Gasteiger partial charge in [-0.3, -0.25) is 14.3 Å². The number of carboxylic acids is 1. The maximum absolute atomic E-state index is 11.5. The van der Waals surface area contributed by atoms with Crippen LogP contribution in [0.5, 0.6) is 0 Å². The Hall–Kier alpha value is -1.89. The minimum absolute atomic E-state index is 0.161. The summed E-state index contributed by atoms with van der Waals surface area (Å²) in [6.07, 6.45) is 2.66. The molecule has 2 N–H and O–H groups in total. The summed E-state index contributed by atoms with van der Waals surface area (Å²) in [6, 6.07) is 0. The first-order valence-corrected chi connectivity index (χ1v) is 6.10.